The predicted molar refractivity (Wildman–Crippen MR) is 104 cm³/mol. The van der Waals surface area contributed by atoms with Gasteiger partial charge in [-0.1, -0.05) is 49.1 Å². The van der Waals surface area contributed by atoms with Crippen molar-refractivity contribution in [3.8, 4) is 0 Å². The smallest absolute Gasteiger partial charge is 0.255 e. The van der Waals surface area contributed by atoms with E-state index < -0.39 is 0 Å². The lowest BCUT2D eigenvalue weighted by Crippen LogP contribution is -2.12. The van der Waals surface area contributed by atoms with Gasteiger partial charge in [0.05, 0.1) is 0 Å². The molecule has 0 aliphatic rings. The molecule has 0 fully saturated rings. The molecule has 2 aromatic carbocycles. The Bertz CT molecular complexity index is 818. The Morgan fingerprint density at radius 3 is 2.36 bits per heavy atom. The van der Waals surface area contributed by atoms with E-state index in [4.69, 9.17) is 0 Å². The second kappa shape index (κ2) is 9.03. The summed E-state index contributed by atoms with van der Waals surface area (Å²) in [5.41, 5.74) is 3.75. The molecule has 25 heavy (non-hydrogen) atoms. The maximum atomic E-state index is 12.4. The zero-order chi connectivity index (χ0) is 18.1. The van der Waals surface area contributed by atoms with E-state index in [1.165, 1.54) is 0 Å². The number of allylic oxidation sites excluding steroid dienone is 5. The summed E-state index contributed by atoms with van der Waals surface area (Å²) in [5, 5.41) is 5.36. The third-order valence-corrected chi connectivity index (χ3v) is 3.51. The number of anilines is 2. The van der Waals surface area contributed by atoms with Crippen molar-refractivity contribution < 1.29 is 9.59 Å². The highest BCUT2D eigenvalue weighted by atomic mass is 16.1. The zero-order valence-corrected chi connectivity index (χ0v) is 14.0. The van der Waals surface area contributed by atoms with E-state index in [2.05, 4.69) is 17.2 Å². The van der Waals surface area contributed by atoms with Crippen molar-refractivity contribution in [3.05, 3.63) is 90.5 Å². The average Bonchev–Trinajstić information content (AvgIpc) is 2.63. The van der Waals surface area contributed by atoms with Gasteiger partial charge in [-0.3, -0.25) is 9.59 Å². The summed E-state index contributed by atoms with van der Waals surface area (Å²) in [6, 6.07) is 14.3. The molecule has 0 unspecified atom stereocenters. The van der Waals surface area contributed by atoms with Crippen molar-refractivity contribution in [2.75, 3.05) is 10.6 Å². The molecular formula is C21H20N2O2. The summed E-state index contributed by atoms with van der Waals surface area (Å²) in [4.78, 5) is 22.9. The topological polar surface area (TPSA) is 58.2 Å². The van der Waals surface area contributed by atoms with Gasteiger partial charge in [-0.2, -0.15) is 0 Å². The molecule has 0 aliphatic heterocycles. The number of nitrogens with one attached hydrogen (secondary N) is 2. The number of amides is 2. The maximum absolute atomic E-state index is 12.4. The van der Waals surface area contributed by atoms with E-state index >= 15 is 0 Å². The fourth-order valence-corrected chi connectivity index (χ4v) is 2.25. The molecule has 2 aromatic rings. The van der Waals surface area contributed by atoms with Crippen LogP contribution in [0.1, 0.15) is 22.8 Å². The third kappa shape index (κ3) is 5.04. The molecule has 0 saturated heterocycles. The summed E-state index contributed by atoms with van der Waals surface area (Å²) in [7, 11) is 0. The first-order valence-corrected chi connectivity index (χ1v) is 7.85. The van der Waals surface area contributed by atoms with Crippen LogP contribution in [-0.2, 0) is 4.79 Å². The van der Waals surface area contributed by atoms with Crippen LogP contribution >= 0.6 is 0 Å². The summed E-state index contributed by atoms with van der Waals surface area (Å²) < 4.78 is 0. The summed E-state index contributed by atoms with van der Waals surface area (Å²) in [6.07, 6.45) is 8.23. The van der Waals surface area contributed by atoms with Gasteiger partial charge in [-0.15, -0.1) is 0 Å². The lowest BCUT2D eigenvalue weighted by Gasteiger charge is -2.08. The van der Waals surface area contributed by atoms with Crippen LogP contribution in [0.3, 0.4) is 0 Å². The van der Waals surface area contributed by atoms with Crippen molar-refractivity contribution >= 4 is 29.3 Å². The van der Waals surface area contributed by atoms with Gasteiger partial charge in [0.15, 0.2) is 0 Å². The third-order valence-electron chi connectivity index (χ3n) is 3.51. The molecule has 0 atom stereocenters. The van der Waals surface area contributed by atoms with Gasteiger partial charge in [0.1, 0.15) is 0 Å². The van der Waals surface area contributed by atoms with E-state index in [1.807, 2.05) is 37.3 Å². The summed E-state index contributed by atoms with van der Waals surface area (Å²) >= 11 is 0. The Kier molecular flexibility index (Phi) is 6.48. The molecule has 4 nitrogen and oxygen atoms in total. The maximum Gasteiger partial charge on any atom is 0.255 e. The number of carbonyl (C=O) groups excluding carboxylic acids is 2. The Morgan fingerprint density at radius 1 is 1.04 bits per heavy atom. The molecule has 2 amide bonds. The lowest BCUT2D eigenvalue weighted by atomic mass is 10.0. The van der Waals surface area contributed by atoms with Crippen molar-refractivity contribution in [2.24, 2.45) is 0 Å². The zero-order valence-electron chi connectivity index (χ0n) is 14.0. The van der Waals surface area contributed by atoms with E-state index in [0.29, 0.717) is 23.3 Å². The van der Waals surface area contributed by atoms with Gasteiger partial charge in [-0.05, 0) is 48.4 Å². The fourth-order valence-electron chi connectivity index (χ4n) is 2.25. The molecule has 0 saturated carbocycles. The number of rotatable bonds is 7. The highest BCUT2D eigenvalue weighted by Gasteiger charge is 2.07. The first-order chi connectivity index (χ1) is 12.2. The number of hydrogen-bond acceptors (Lipinski definition) is 2. The highest BCUT2D eigenvalue weighted by Crippen LogP contribution is 2.18. The molecule has 0 bridgehead atoms. The molecule has 0 aromatic heterocycles. The van der Waals surface area contributed by atoms with E-state index in [0.717, 1.165) is 11.1 Å². The van der Waals surface area contributed by atoms with Crippen LogP contribution in [0.25, 0.3) is 5.57 Å². The molecule has 0 aliphatic carbocycles. The number of hydrogen-bond donors (Lipinski definition) is 2. The van der Waals surface area contributed by atoms with Crippen LogP contribution in [0.15, 0.2) is 79.4 Å². The summed E-state index contributed by atoms with van der Waals surface area (Å²) in [6.45, 7) is 5.76. The fraction of sp³-hybridized carbons (Fsp3) is 0.0476. The van der Waals surface area contributed by atoms with Crippen LogP contribution in [0.2, 0.25) is 0 Å². The van der Waals surface area contributed by atoms with Gasteiger partial charge >= 0.3 is 0 Å². The quantitative estimate of drug-likeness (QED) is 0.572. The van der Waals surface area contributed by atoms with Crippen molar-refractivity contribution in [1.29, 1.82) is 0 Å². The van der Waals surface area contributed by atoms with Crippen molar-refractivity contribution in [3.63, 3.8) is 0 Å². The van der Waals surface area contributed by atoms with Crippen molar-refractivity contribution in [1.82, 2.24) is 0 Å². The van der Waals surface area contributed by atoms with E-state index in [-0.39, 0.29) is 5.91 Å². The van der Waals surface area contributed by atoms with Gasteiger partial charge in [-0.25, -0.2) is 0 Å². The molecule has 0 heterocycles. The van der Waals surface area contributed by atoms with E-state index in [1.54, 1.807) is 42.5 Å². The molecule has 0 radical (unpaired) electrons. The Morgan fingerprint density at radius 2 is 1.72 bits per heavy atom. The first kappa shape index (κ1) is 17.9. The first-order valence-electron chi connectivity index (χ1n) is 7.85. The summed E-state index contributed by atoms with van der Waals surface area (Å²) in [5.74, 6) is -0.215. The Labute approximate surface area is 147 Å². The van der Waals surface area contributed by atoms with Crippen LogP contribution in [-0.4, -0.2) is 12.3 Å². The molecule has 126 valence electrons. The van der Waals surface area contributed by atoms with Crippen LogP contribution < -0.4 is 10.6 Å². The Hall–Kier alpha value is -3.40. The van der Waals surface area contributed by atoms with E-state index in [9.17, 15) is 9.59 Å². The van der Waals surface area contributed by atoms with Gasteiger partial charge in [0.2, 0.25) is 6.41 Å². The lowest BCUT2D eigenvalue weighted by molar-refractivity contribution is -0.105. The SMILES string of the molecule is C=C/C(=C\C=C/C)c1ccc(C(=O)Nc2cccc(NC=O)c2)cc1. The highest BCUT2D eigenvalue weighted by molar-refractivity contribution is 6.04. The minimum absolute atomic E-state index is 0.215. The molecule has 2 N–H and O–H groups in total. The minimum Gasteiger partial charge on any atom is -0.329 e. The monoisotopic (exact) mass is 332 g/mol. The second-order valence-electron chi connectivity index (χ2n) is 5.23. The normalized spacial score (nSPS) is 11.2. The molecule has 0 spiro atoms. The van der Waals surface area contributed by atoms with Gasteiger partial charge in [0.25, 0.3) is 5.91 Å². The number of carbonyl (C=O) groups is 2. The number of benzene rings is 2. The van der Waals surface area contributed by atoms with Crippen molar-refractivity contribution in [2.45, 2.75) is 6.92 Å². The van der Waals surface area contributed by atoms with Crippen LogP contribution in [0.5, 0.6) is 0 Å². The molecular weight excluding hydrogens is 312 g/mol. The predicted octanol–water partition coefficient (Wildman–Crippen LogP) is 4.65. The average molecular weight is 332 g/mol. The van der Waals surface area contributed by atoms with Gasteiger partial charge < -0.3 is 10.6 Å². The van der Waals surface area contributed by atoms with Crippen LogP contribution in [0, 0.1) is 0 Å². The standard InChI is InChI=1S/C21H20N2O2/c1-3-5-7-16(4-2)17-10-12-18(13-11-17)21(25)23-20-9-6-8-19(14-20)22-15-24/h3-15H,2H2,1H3,(H,22,24)(H,23,25)/b5-3-,16-7+. The van der Waals surface area contributed by atoms with Gasteiger partial charge in [0, 0.05) is 16.9 Å². The Balaban J connectivity index is 2.14. The second-order valence-corrected chi connectivity index (χ2v) is 5.23. The minimum atomic E-state index is -0.215. The van der Waals surface area contributed by atoms with Crippen LogP contribution in [0.4, 0.5) is 11.4 Å². The molecule has 2 rings (SSSR count). The molecule has 4 heteroatoms. The largest absolute Gasteiger partial charge is 0.329 e.